The van der Waals surface area contributed by atoms with Crippen LogP contribution >= 0.6 is 0 Å². The molecule has 0 amide bonds. The van der Waals surface area contributed by atoms with Crippen LogP contribution in [0.25, 0.3) is 122 Å². The van der Waals surface area contributed by atoms with Gasteiger partial charge in [0, 0.05) is 55.0 Å². The first-order valence-electron chi connectivity index (χ1n) is 51.3. The fourth-order valence-corrected chi connectivity index (χ4v) is 25.5. The molecule has 3 heteroatoms. The molecule has 20 aromatic carbocycles. The molecule has 3 nitrogen and oxygen atoms in total. The van der Waals surface area contributed by atoms with Crippen LogP contribution in [0.5, 0.6) is 0 Å². The van der Waals surface area contributed by atoms with Crippen molar-refractivity contribution in [1.29, 1.82) is 0 Å². The van der Waals surface area contributed by atoms with E-state index in [1.54, 1.807) is 0 Å². The highest BCUT2D eigenvalue weighted by molar-refractivity contribution is 5.97. The highest BCUT2D eigenvalue weighted by atomic mass is 15.2. The van der Waals surface area contributed by atoms with Crippen molar-refractivity contribution in [3.05, 3.63) is 533 Å². The van der Waals surface area contributed by atoms with Gasteiger partial charge in [0.2, 0.25) is 0 Å². The summed E-state index contributed by atoms with van der Waals surface area (Å²) in [7, 11) is 0. The van der Waals surface area contributed by atoms with Crippen LogP contribution in [0.3, 0.4) is 0 Å². The molecular formula is C143H125N3. The number of hydrogen-bond acceptors (Lipinski definition) is 3. The van der Waals surface area contributed by atoms with E-state index in [1.165, 1.54) is 246 Å². The third-order valence-corrected chi connectivity index (χ3v) is 33.6. The number of nitrogens with zero attached hydrogens (tertiary/aromatic N) is 3. The van der Waals surface area contributed by atoms with E-state index in [2.05, 4.69) is 567 Å². The smallest absolute Gasteiger partial charge is 0.0503 e. The number of rotatable bonds is 10. The second-order valence-electron chi connectivity index (χ2n) is 44.3. The van der Waals surface area contributed by atoms with Gasteiger partial charge in [0.1, 0.15) is 0 Å². The van der Waals surface area contributed by atoms with Crippen molar-refractivity contribution in [1.82, 2.24) is 0 Å². The molecule has 3 aliphatic heterocycles. The lowest BCUT2D eigenvalue weighted by molar-refractivity contribution is 0.632. The Morgan fingerprint density at radius 2 is 0.267 bits per heavy atom. The van der Waals surface area contributed by atoms with Gasteiger partial charge in [-0.3, -0.25) is 0 Å². The van der Waals surface area contributed by atoms with E-state index in [4.69, 9.17) is 0 Å². The molecule has 0 fully saturated rings. The summed E-state index contributed by atoms with van der Waals surface area (Å²) in [5.74, 6) is 0. The maximum Gasteiger partial charge on any atom is 0.0503 e. The molecule has 7 aliphatic rings. The molecular weight excluding hydrogens is 1760 g/mol. The maximum absolute atomic E-state index is 2.52. The molecule has 0 aromatic heterocycles. The van der Waals surface area contributed by atoms with E-state index in [0.29, 0.717) is 0 Å². The van der Waals surface area contributed by atoms with E-state index < -0.39 is 0 Å². The molecule has 0 bridgehead atoms. The van der Waals surface area contributed by atoms with Gasteiger partial charge >= 0.3 is 0 Å². The van der Waals surface area contributed by atoms with Crippen LogP contribution < -0.4 is 14.7 Å². The normalized spacial score (nSPS) is 15.3. The summed E-state index contributed by atoms with van der Waals surface area (Å²) in [6.07, 6.45) is 0. The van der Waals surface area contributed by atoms with Crippen LogP contribution in [0.2, 0.25) is 0 Å². The van der Waals surface area contributed by atoms with E-state index in [1.807, 2.05) is 0 Å². The van der Waals surface area contributed by atoms with Crippen LogP contribution in [0.15, 0.2) is 455 Å². The quantitative estimate of drug-likeness (QED) is 0.135. The molecule has 0 spiro atoms. The molecule has 0 unspecified atom stereocenters. The number of fused-ring (bicyclic) bond motifs is 18. The molecule has 0 N–H and O–H groups in total. The lowest BCUT2D eigenvalue weighted by atomic mass is 9.72. The van der Waals surface area contributed by atoms with Crippen molar-refractivity contribution in [2.45, 2.75) is 150 Å². The van der Waals surface area contributed by atoms with Gasteiger partial charge in [-0.2, -0.15) is 0 Å². The van der Waals surface area contributed by atoms with E-state index in [0.717, 1.165) is 5.69 Å². The molecule has 712 valence electrons. The molecule has 0 radical (unpaired) electrons. The third-order valence-electron chi connectivity index (χ3n) is 33.6. The molecule has 0 saturated heterocycles. The number of anilines is 9. The maximum atomic E-state index is 2.52. The van der Waals surface area contributed by atoms with Gasteiger partial charge in [0.15, 0.2) is 0 Å². The van der Waals surface area contributed by atoms with Gasteiger partial charge in [0.25, 0.3) is 0 Å². The Kier molecular flexibility index (Phi) is 22.5. The van der Waals surface area contributed by atoms with Gasteiger partial charge in [-0.05, 0) is 322 Å². The van der Waals surface area contributed by atoms with Gasteiger partial charge in [-0.25, -0.2) is 0 Å². The van der Waals surface area contributed by atoms with Crippen molar-refractivity contribution < 1.29 is 0 Å². The zero-order valence-corrected chi connectivity index (χ0v) is 84.6. The average Bonchev–Trinajstić information content (AvgIpc) is 1.08. The average molecular weight is 1890 g/mol. The minimum atomic E-state index is -0.236. The molecule has 146 heavy (non-hydrogen) atoms. The second-order valence-corrected chi connectivity index (χ2v) is 44.3. The fraction of sp³-hybridized carbons (Fsp3) is 0.161. The highest BCUT2D eigenvalue weighted by Gasteiger charge is 2.46. The lowest BCUT2D eigenvalue weighted by Gasteiger charge is -2.43. The fourth-order valence-electron chi connectivity index (χ4n) is 25.5. The third kappa shape index (κ3) is 14.9. The van der Waals surface area contributed by atoms with Crippen molar-refractivity contribution >= 4 is 51.2 Å². The van der Waals surface area contributed by atoms with E-state index in [-0.39, 0.29) is 52.8 Å². The van der Waals surface area contributed by atoms with Crippen molar-refractivity contribution in [2.24, 2.45) is 0 Å². The summed E-state index contributed by atoms with van der Waals surface area (Å²) in [5, 5.41) is 0. The summed E-state index contributed by atoms with van der Waals surface area (Å²) in [5.41, 5.74) is 57.7. The Hall–Kier alpha value is -16.2. The minimum Gasteiger partial charge on any atom is -0.310 e. The molecule has 27 rings (SSSR count). The molecule has 0 saturated carbocycles. The number of hydrogen-bond donors (Lipinski definition) is 0. The zero-order chi connectivity index (χ0) is 98.2. The summed E-state index contributed by atoms with van der Waals surface area (Å²) in [6, 6.07) is 169. The SMILES string of the molecule is C.C.CC1(C)c2ccccc2-c2ccc(-c3ccc4c(c3)C(C)(C)c3cc(-c5ccccc5)ccc3N4c3ccc(-c4ccccc4)cc3)cc21.CC1(C)c2ccccc2-c2ccc(-c3ccc4c(c3)C(C)(C)c3cc(-c5ccccc5)ccc3N4c3ccc4c(c3)C(C)(C)c3ccccc3-4)cc21.CC1(C)c2ccccc2-c2ccc(N3c4ccc(-c5ccccc5)cc4C(C)(C)c4cc(-c5ccccc5)ccc43)cc21. The first-order valence-corrected chi connectivity index (χ1v) is 51.3. The van der Waals surface area contributed by atoms with Crippen molar-refractivity contribution in [2.75, 3.05) is 14.7 Å². The van der Waals surface area contributed by atoms with Gasteiger partial charge in [-0.1, -0.05) is 445 Å². The largest absolute Gasteiger partial charge is 0.310 e. The molecule has 0 atom stereocenters. The Morgan fingerprint density at radius 3 is 0.514 bits per heavy atom. The topological polar surface area (TPSA) is 9.72 Å². The molecule has 4 aliphatic carbocycles. The van der Waals surface area contributed by atoms with Crippen LogP contribution in [0.4, 0.5) is 51.2 Å². The van der Waals surface area contributed by atoms with Gasteiger partial charge < -0.3 is 14.7 Å². The Labute approximate surface area is 864 Å². The van der Waals surface area contributed by atoms with Crippen LogP contribution in [0.1, 0.15) is 190 Å². The minimum absolute atomic E-state index is 0. The monoisotopic (exact) mass is 1880 g/mol. The second kappa shape index (κ2) is 35.1. The molecule has 3 heterocycles. The van der Waals surface area contributed by atoms with Crippen LogP contribution in [0, 0.1) is 0 Å². The summed E-state index contributed by atoms with van der Waals surface area (Å²) in [6.45, 7) is 33.3. The predicted molar refractivity (Wildman–Crippen MR) is 622 cm³/mol. The van der Waals surface area contributed by atoms with Crippen LogP contribution in [-0.2, 0) is 37.9 Å². The zero-order valence-electron chi connectivity index (χ0n) is 84.6. The Bertz CT molecular complexity index is 8470. The van der Waals surface area contributed by atoms with Crippen LogP contribution in [-0.4, -0.2) is 0 Å². The summed E-state index contributed by atoms with van der Waals surface area (Å²) in [4.78, 5) is 7.49. The van der Waals surface area contributed by atoms with Gasteiger partial charge in [0.05, 0.1) is 34.1 Å². The number of benzene rings is 20. The Balaban J connectivity index is 0.000000121. The standard InChI is InChI=1S/C51H43N.C48H39N.C42H35N.2CH4/c1-49(2)41-18-12-10-16-37(41)39-24-20-34(28-43(39)49)35-22-27-48-46(30-35)51(5,6)45-29-33(32-14-8-7-9-15-32)21-26-47(45)52(48)36-23-25-40-38-17-11-13-19-42(38)50(3,4)44(40)31-36;1-47(2)41-18-12-11-17-39(41)40-26-21-36(29-42(40)47)37-23-28-46-44(31-37)48(3,4)43-30-35(33-15-9-6-10-16-33)22-27-45(43)49(46)38-24-19-34(20-25-38)32-13-7-5-8-14-32;1-41(2)35-18-12-11-17-33(35)34-22-21-32(27-36(34)41)43-39-23-19-30(28-13-7-5-8-14-28)25-37(39)42(3,4)38-26-31(20-24-40(38)43)29-15-9-6-10-16-29;;/h7-31H,1-6H3;5-31H,1-4H3;5-27H,1-4H3;2*1H4. The summed E-state index contributed by atoms with van der Waals surface area (Å²) < 4.78 is 0. The van der Waals surface area contributed by atoms with Crippen molar-refractivity contribution in [3.8, 4) is 122 Å². The van der Waals surface area contributed by atoms with E-state index >= 15 is 0 Å². The van der Waals surface area contributed by atoms with Crippen molar-refractivity contribution in [3.63, 3.8) is 0 Å². The summed E-state index contributed by atoms with van der Waals surface area (Å²) >= 11 is 0. The molecule has 20 aromatic rings. The lowest BCUT2D eigenvalue weighted by Crippen LogP contribution is -2.31. The predicted octanol–water partition coefficient (Wildman–Crippen LogP) is 39.6. The Morgan fingerprint density at radius 1 is 0.116 bits per heavy atom. The highest BCUT2D eigenvalue weighted by Crippen LogP contribution is 2.62. The van der Waals surface area contributed by atoms with E-state index in [9.17, 15) is 0 Å². The van der Waals surface area contributed by atoms with Gasteiger partial charge in [-0.15, -0.1) is 0 Å². The first kappa shape index (κ1) is 93.4. The first-order chi connectivity index (χ1) is 69.7.